The summed E-state index contributed by atoms with van der Waals surface area (Å²) in [6.07, 6.45) is 0.796. The first-order valence-corrected chi connectivity index (χ1v) is 10.9. The van der Waals surface area contributed by atoms with Gasteiger partial charge in [0.1, 0.15) is 11.6 Å². The summed E-state index contributed by atoms with van der Waals surface area (Å²) in [4.78, 5) is 17.3. The van der Waals surface area contributed by atoms with Gasteiger partial charge in [-0.05, 0) is 56.1 Å². The number of anilines is 1. The highest BCUT2D eigenvalue weighted by Gasteiger charge is 2.37. The lowest BCUT2D eigenvalue weighted by molar-refractivity contribution is -0.0384. The minimum Gasteiger partial charge on any atom is -0.473 e. The molecule has 1 aromatic carbocycles. The third kappa shape index (κ3) is 5.21. The summed E-state index contributed by atoms with van der Waals surface area (Å²) in [5.74, 6) is -5.34. The topological polar surface area (TPSA) is 77.2 Å². The molecule has 180 valence electrons. The Morgan fingerprint density at radius 1 is 1.15 bits per heavy atom. The van der Waals surface area contributed by atoms with E-state index in [-0.39, 0.29) is 60.2 Å². The van der Waals surface area contributed by atoms with E-state index < -0.39 is 29.4 Å². The van der Waals surface area contributed by atoms with Crippen molar-refractivity contribution in [1.29, 1.82) is 0 Å². The van der Waals surface area contributed by atoms with E-state index in [1.54, 1.807) is 13.8 Å². The maximum absolute atomic E-state index is 14.7. The Bertz CT molecular complexity index is 1190. The molecule has 0 unspecified atom stereocenters. The van der Waals surface area contributed by atoms with Crippen molar-refractivity contribution in [3.63, 3.8) is 0 Å². The van der Waals surface area contributed by atoms with E-state index in [0.717, 1.165) is 18.2 Å². The molecule has 6 nitrogen and oxygen atoms in total. The Morgan fingerprint density at radius 2 is 1.88 bits per heavy atom. The van der Waals surface area contributed by atoms with E-state index in [1.807, 2.05) is 0 Å². The van der Waals surface area contributed by atoms with Gasteiger partial charge in [-0.15, -0.1) is 0 Å². The third-order valence-electron chi connectivity index (χ3n) is 5.61. The quantitative estimate of drug-likeness (QED) is 0.419. The molecule has 2 heterocycles. The van der Waals surface area contributed by atoms with Crippen molar-refractivity contribution in [2.24, 2.45) is 0 Å². The monoisotopic (exact) mass is 477 g/mol. The number of carbonyl (C=O) groups excluding carboxylic acids is 1. The maximum Gasteiger partial charge on any atom is 0.294 e. The number of pyridine rings is 1. The summed E-state index contributed by atoms with van der Waals surface area (Å²) >= 11 is 0. The molecule has 0 radical (unpaired) electrons. The lowest BCUT2D eigenvalue weighted by Gasteiger charge is -2.29. The molecule has 4 rings (SSSR count). The van der Waals surface area contributed by atoms with Crippen LogP contribution in [0.1, 0.15) is 61.7 Å². The van der Waals surface area contributed by atoms with Gasteiger partial charge < -0.3 is 14.6 Å². The molecule has 1 amide bonds. The van der Waals surface area contributed by atoms with Crippen molar-refractivity contribution in [2.45, 2.75) is 57.5 Å². The Kier molecular flexibility index (Phi) is 6.58. The SMILES string of the molecule is CC(C)Oc1cc(C(=O)Nc2c(-c3cc(F)ccc3F)ccnc2C2CCC(F)(F)CC2)on1. The molecule has 1 fully saturated rings. The van der Waals surface area contributed by atoms with Crippen LogP contribution < -0.4 is 10.1 Å². The van der Waals surface area contributed by atoms with Crippen molar-refractivity contribution < 1.29 is 31.6 Å². The van der Waals surface area contributed by atoms with Crippen LogP contribution in [0.5, 0.6) is 5.88 Å². The lowest BCUT2D eigenvalue weighted by Crippen LogP contribution is -2.25. The van der Waals surface area contributed by atoms with Crippen molar-refractivity contribution >= 4 is 11.6 Å². The highest BCUT2D eigenvalue weighted by molar-refractivity contribution is 6.05. The molecule has 10 heteroatoms. The first-order chi connectivity index (χ1) is 16.1. The number of carbonyl (C=O) groups is 1. The number of amides is 1. The fourth-order valence-corrected chi connectivity index (χ4v) is 4.00. The molecule has 2 aromatic heterocycles. The minimum absolute atomic E-state index is 0.0958. The molecular formula is C24H23F4N3O3. The number of halogens is 4. The van der Waals surface area contributed by atoms with Gasteiger partial charge in [0, 0.05) is 36.1 Å². The molecule has 1 N–H and O–H groups in total. The van der Waals surface area contributed by atoms with Crippen molar-refractivity contribution in [2.75, 3.05) is 5.32 Å². The zero-order valence-electron chi connectivity index (χ0n) is 18.6. The zero-order valence-corrected chi connectivity index (χ0v) is 18.6. The summed E-state index contributed by atoms with van der Waals surface area (Å²) in [6.45, 7) is 3.56. The zero-order chi connectivity index (χ0) is 24.5. The number of hydrogen-bond donors (Lipinski definition) is 1. The number of alkyl halides is 2. The van der Waals surface area contributed by atoms with E-state index >= 15 is 0 Å². The van der Waals surface area contributed by atoms with Gasteiger partial charge in [-0.1, -0.05) is 0 Å². The van der Waals surface area contributed by atoms with Gasteiger partial charge in [0.2, 0.25) is 11.7 Å². The largest absolute Gasteiger partial charge is 0.473 e. The Balaban J connectivity index is 1.74. The highest BCUT2D eigenvalue weighted by Crippen LogP contribution is 2.44. The second kappa shape index (κ2) is 9.44. The average Bonchev–Trinajstić information content (AvgIpc) is 3.24. The van der Waals surface area contributed by atoms with Crippen LogP contribution in [0.3, 0.4) is 0 Å². The third-order valence-corrected chi connectivity index (χ3v) is 5.61. The first-order valence-electron chi connectivity index (χ1n) is 10.9. The fourth-order valence-electron chi connectivity index (χ4n) is 4.00. The van der Waals surface area contributed by atoms with Gasteiger partial charge in [0.25, 0.3) is 11.8 Å². The molecule has 1 aliphatic rings. The summed E-state index contributed by atoms with van der Waals surface area (Å²) < 4.78 is 66.6. The van der Waals surface area contributed by atoms with Gasteiger partial charge in [-0.2, -0.15) is 0 Å². The van der Waals surface area contributed by atoms with Crippen molar-refractivity contribution in [3.05, 3.63) is 59.6 Å². The van der Waals surface area contributed by atoms with Crippen LogP contribution in [0.15, 0.2) is 41.1 Å². The summed E-state index contributed by atoms with van der Waals surface area (Å²) in [5, 5.41) is 6.34. The molecule has 1 aliphatic carbocycles. The predicted octanol–water partition coefficient (Wildman–Crippen LogP) is 6.35. The van der Waals surface area contributed by atoms with Crippen LogP contribution in [0.4, 0.5) is 23.2 Å². The Hall–Kier alpha value is -3.43. The van der Waals surface area contributed by atoms with Crippen LogP contribution in [-0.2, 0) is 0 Å². The predicted molar refractivity (Wildman–Crippen MR) is 116 cm³/mol. The molecule has 0 atom stereocenters. The second-order valence-corrected chi connectivity index (χ2v) is 8.52. The van der Waals surface area contributed by atoms with Crippen molar-refractivity contribution in [1.82, 2.24) is 10.1 Å². The second-order valence-electron chi connectivity index (χ2n) is 8.52. The smallest absolute Gasteiger partial charge is 0.294 e. The van der Waals surface area contributed by atoms with E-state index in [2.05, 4.69) is 15.5 Å². The number of rotatable bonds is 6. The van der Waals surface area contributed by atoms with Crippen molar-refractivity contribution in [3.8, 4) is 17.0 Å². The number of nitrogens with one attached hydrogen (secondary N) is 1. The Morgan fingerprint density at radius 3 is 2.59 bits per heavy atom. The first kappa shape index (κ1) is 23.7. The minimum atomic E-state index is -2.77. The molecule has 3 aromatic rings. The molecule has 1 saturated carbocycles. The number of nitrogens with zero attached hydrogens (tertiary/aromatic N) is 2. The van der Waals surface area contributed by atoms with Gasteiger partial charge in [0.05, 0.1) is 23.6 Å². The van der Waals surface area contributed by atoms with Gasteiger partial charge in [-0.3, -0.25) is 9.78 Å². The van der Waals surface area contributed by atoms with Crippen LogP contribution >= 0.6 is 0 Å². The molecule has 0 saturated heterocycles. The van der Waals surface area contributed by atoms with Gasteiger partial charge >= 0.3 is 0 Å². The number of aromatic nitrogens is 2. The van der Waals surface area contributed by atoms with Crippen LogP contribution in [0.2, 0.25) is 0 Å². The number of benzene rings is 1. The molecule has 0 aliphatic heterocycles. The molecule has 0 bridgehead atoms. The molecular weight excluding hydrogens is 454 g/mol. The summed E-state index contributed by atoms with van der Waals surface area (Å²) in [6, 6.07) is 5.69. The maximum atomic E-state index is 14.7. The van der Waals surface area contributed by atoms with E-state index in [1.165, 1.54) is 18.3 Å². The number of ether oxygens (including phenoxy) is 1. The lowest BCUT2D eigenvalue weighted by atomic mass is 9.83. The van der Waals surface area contributed by atoms with Gasteiger partial charge in [0.15, 0.2) is 0 Å². The number of hydrogen-bond acceptors (Lipinski definition) is 5. The average molecular weight is 477 g/mol. The standard InChI is InChI=1S/C24H23F4N3O3/c1-13(2)33-20-12-19(34-31-20)23(32)30-22-16(17-11-15(25)3-4-18(17)26)7-10-29-21(22)14-5-8-24(27,28)9-6-14/h3-4,7,10-14H,5-6,8-9H2,1-2H3,(H,30,32). The Labute approximate surface area is 193 Å². The van der Waals surface area contributed by atoms with E-state index in [0.29, 0.717) is 5.69 Å². The van der Waals surface area contributed by atoms with E-state index in [9.17, 15) is 22.4 Å². The van der Waals surface area contributed by atoms with Gasteiger partial charge in [-0.25, -0.2) is 17.6 Å². The van der Waals surface area contributed by atoms with Crippen LogP contribution in [0.25, 0.3) is 11.1 Å². The highest BCUT2D eigenvalue weighted by atomic mass is 19.3. The molecule has 0 spiro atoms. The van der Waals surface area contributed by atoms with Crippen LogP contribution in [0, 0.1) is 11.6 Å². The normalized spacial score (nSPS) is 16.0. The van der Waals surface area contributed by atoms with Crippen LogP contribution in [-0.4, -0.2) is 28.1 Å². The summed E-state index contributed by atoms with van der Waals surface area (Å²) in [5.41, 5.74) is 0.505. The fraction of sp³-hybridized carbons (Fsp3) is 0.375. The van der Waals surface area contributed by atoms with E-state index in [4.69, 9.17) is 9.26 Å². The summed E-state index contributed by atoms with van der Waals surface area (Å²) in [7, 11) is 0. The molecule has 34 heavy (non-hydrogen) atoms.